The lowest BCUT2D eigenvalue weighted by molar-refractivity contribution is 0.385. The van der Waals surface area contributed by atoms with Gasteiger partial charge in [-0.05, 0) is 38.5 Å². The zero-order chi connectivity index (χ0) is 18.4. The topological polar surface area (TPSA) is 49.8 Å². The molecule has 1 aromatic heterocycles. The number of aryl methyl sites for hydroxylation is 2. The van der Waals surface area contributed by atoms with Gasteiger partial charge in [0.05, 0.1) is 19.3 Å². The van der Waals surface area contributed by atoms with Crippen molar-refractivity contribution >= 4 is 17.3 Å². The summed E-state index contributed by atoms with van der Waals surface area (Å²) in [6.45, 7) is 7.93. The van der Waals surface area contributed by atoms with Gasteiger partial charge in [0.15, 0.2) is 17.5 Å². The first-order valence-electron chi connectivity index (χ1n) is 8.19. The molecular weight excluding hydrogens is 339 g/mol. The van der Waals surface area contributed by atoms with E-state index in [0.29, 0.717) is 13.1 Å². The van der Waals surface area contributed by atoms with Crippen LogP contribution in [0.1, 0.15) is 28.1 Å². The number of nitrogens with one attached hydrogen (secondary N) is 1. The Morgan fingerprint density at radius 2 is 2.16 bits per heavy atom. The Balaban J connectivity index is 2.09. The van der Waals surface area contributed by atoms with Crippen molar-refractivity contribution in [2.45, 2.75) is 33.9 Å². The summed E-state index contributed by atoms with van der Waals surface area (Å²) >= 11 is 1.67. The van der Waals surface area contributed by atoms with Crippen molar-refractivity contribution in [3.8, 4) is 5.75 Å². The first-order valence-corrected chi connectivity index (χ1v) is 9.01. The quantitative estimate of drug-likeness (QED) is 0.630. The SMILES string of the molecule is CCNC(=NCc1nc(C)c(C)s1)N(C)Cc1ccc(OC)c(F)c1. The summed E-state index contributed by atoms with van der Waals surface area (Å²) in [6.07, 6.45) is 0. The molecule has 5 nitrogen and oxygen atoms in total. The molecule has 0 aliphatic heterocycles. The van der Waals surface area contributed by atoms with Crippen LogP contribution in [0.25, 0.3) is 0 Å². The van der Waals surface area contributed by atoms with E-state index in [9.17, 15) is 4.39 Å². The number of ether oxygens (including phenoxy) is 1. The summed E-state index contributed by atoms with van der Waals surface area (Å²) < 4.78 is 18.8. The molecule has 0 bridgehead atoms. The molecule has 7 heteroatoms. The van der Waals surface area contributed by atoms with E-state index >= 15 is 0 Å². The van der Waals surface area contributed by atoms with Gasteiger partial charge in [-0.15, -0.1) is 11.3 Å². The highest BCUT2D eigenvalue weighted by Gasteiger charge is 2.10. The van der Waals surface area contributed by atoms with Gasteiger partial charge < -0.3 is 15.0 Å². The van der Waals surface area contributed by atoms with Crippen LogP contribution in [-0.2, 0) is 13.1 Å². The average molecular weight is 364 g/mol. The molecule has 1 N–H and O–H groups in total. The van der Waals surface area contributed by atoms with E-state index in [2.05, 4.69) is 22.2 Å². The standard InChI is InChI=1S/C18H25FN4OS/c1-6-20-18(21-10-17-22-12(2)13(3)25-17)23(4)11-14-7-8-16(24-5)15(19)9-14/h7-9H,6,10-11H2,1-5H3,(H,20,21). The number of aliphatic imine (C=N–C) groups is 1. The molecule has 0 radical (unpaired) electrons. The van der Waals surface area contributed by atoms with Crippen LogP contribution in [0.15, 0.2) is 23.2 Å². The summed E-state index contributed by atoms with van der Waals surface area (Å²) in [7, 11) is 3.39. The molecule has 0 saturated heterocycles. The molecule has 0 atom stereocenters. The molecule has 0 saturated carbocycles. The van der Waals surface area contributed by atoms with Gasteiger partial charge in [0.2, 0.25) is 0 Å². The van der Waals surface area contributed by atoms with E-state index in [1.165, 1.54) is 18.1 Å². The largest absolute Gasteiger partial charge is 0.494 e. The monoisotopic (exact) mass is 364 g/mol. The van der Waals surface area contributed by atoms with Gasteiger partial charge in [0, 0.05) is 25.0 Å². The summed E-state index contributed by atoms with van der Waals surface area (Å²) in [5.74, 6) is 0.662. The number of aromatic nitrogens is 1. The number of benzene rings is 1. The molecule has 2 aromatic rings. The van der Waals surface area contributed by atoms with Crippen molar-refractivity contribution in [2.24, 2.45) is 4.99 Å². The molecule has 0 spiro atoms. The van der Waals surface area contributed by atoms with Crippen molar-refractivity contribution in [3.63, 3.8) is 0 Å². The third-order valence-corrected chi connectivity index (χ3v) is 4.83. The fraction of sp³-hybridized carbons (Fsp3) is 0.444. The Morgan fingerprint density at radius 3 is 2.72 bits per heavy atom. The zero-order valence-electron chi connectivity index (χ0n) is 15.4. The zero-order valence-corrected chi connectivity index (χ0v) is 16.2. The van der Waals surface area contributed by atoms with Crippen LogP contribution in [-0.4, -0.2) is 36.5 Å². The summed E-state index contributed by atoms with van der Waals surface area (Å²) in [5.41, 5.74) is 1.91. The Morgan fingerprint density at radius 1 is 1.40 bits per heavy atom. The number of thiazole rings is 1. The minimum atomic E-state index is -0.357. The second kappa shape index (κ2) is 8.80. The maximum absolute atomic E-state index is 13.9. The Bertz CT molecular complexity index is 725. The second-order valence-electron chi connectivity index (χ2n) is 5.74. The number of guanidine groups is 1. The molecule has 0 amide bonds. The van der Waals surface area contributed by atoms with Gasteiger partial charge in [0.25, 0.3) is 0 Å². The fourth-order valence-corrected chi connectivity index (χ4v) is 3.23. The van der Waals surface area contributed by atoms with Crippen molar-refractivity contribution in [2.75, 3.05) is 20.7 Å². The molecule has 0 fully saturated rings. The van der Waals surface area contributed by atoms with Crippen molar-refractivity contribution in [1.82, 2.24) is 15.2 Å². The molecule has 136 valence electrons. The van der Waals surface area contributed by atoms with E-state index in [4.69, 9.17) is 4.74 Å². The molecule has 1 heterocycles. The van der Waals surface area contributed by atoms with Crippen LogP contribution in [0.4, 0.5) is 4.39 Å². The summed E-state index contributed by atoms with van der Waals surface area (Å²) in [5, 5.41) is 4.26. The molecule has 2 rings (SSSR count). The van der Waals surface area contributed by atoms with Crippen molar-refractivity contribution < 1.29 is 9.13 Å². The van der Waals surface area contributed by atoms with Gasteiger partial charge in [-0.1, -0.05) is 6.07 Å². The van der Waals surface area contributed by atoms with E-state index in [1.54, 1.807) is 17.4 Å². The molecule has 0 aliphatic carbocycles. The summed E-state index contributed by atoms with van der Waals surface area (Å²) in [6, 6.07) is 4.99. The van der Waals surface area contributed by atoms with Crippen LogP contribution in [0, 0.1) is 19.7 Å². The average Bonchev–Trinajstić information content (AvgIpc) is 2.89. The van der Waals surface area contributed by atoms with Crippen LogP contribution < -0.4 is 10.1 Å². The lowest BCUT2D eigenvalue weighted by Crippen LogP contribution is -2.38. The third-order valence-electron chi connectivity index (χ3n) is 3.77. The van der Waals surface area contributed by atoms with Crippen LogP contribution in [0.2, 0.25) is 0 Å². The number of rotatable bonds is 6. The van der Waals surface area contributed by atoms with Gasteiger partial charge in [-0.3, -0.25) is 0 Å². The minimum absolute atomic E-state index is 0.251. The van der Waals surface area contributed by atoms with Gasteiger partial charge in [-0.2, -0.15) is 0 Å². The van der Waals surface area contributed by atoms with Crippen LogP contribution >= 0.6 is 11.3 Å². The maximum atomic E-state index is 13.9. The lowest BCUT2D eigenvalue weighted by atomic mass is 10.2. The van der Waals surface area contributed by atoms with E-state index in [1.807, 2.05) is 31.9 Å². The van der Waals surface area contributed by atoms with Crippen LogP contribution in [0.3, 0.4) is 0 Å². The molecule has 1 aromatic carbocycles. The van der Waals surface area contributed by atoms with Crippen molar-refractivity contribution in [3.05, 3.63) is 45.2 Å². The number of hydrogen-bond acceptors (Lipinski definition) is 4. The minimum Gasteiger partial charge on any atom is -0.494 e. The van der Waals surface area contributed by atoms with E-state index in [0.717, 1.165) is 28.8 Å². The van der Waals surface area contributed by atoms with Gasteiger partial charge >= 0.3 is 0 Å². The first kappa shape index (κ1) is 19.2. The third kappa shape index (κ3) is 5.16. The first-order chi connectivity index (χ1) is 11.9. The molecule has 0 aliphatic rings. The highest BCUT2D eigenvalue weighted by Crippen LogP contribution is 2.19. The number of nitrogens with zero attached hydrogens (tertiary/aromatic N) is 3. The number of methoxy groups -OCH3 is 1. The lowest BCUT2D eigenvalue weighted by Gasteiger charge is -2.22. The van der Waals surface area contributed by atoms with E-state index in [-0.39, 0.29) is 11.6 Å². The normalized spacial score (nSPS) is 11.5. The fourth-order valence-electron chi connectivity index (χ4n) is 2.38. The van der Waals surface area contributed by atoms with Gasteiger partial charge in [0.1, 0.15) is 5.01 Å². The number of hydrogen-bond donors (Lipinski definition) is 1. The highest BCUT2D eigenvalue weighted by atomic mass is 32.1. The van der Waals surface area contributed by atoms with Crippen molar-refractivity contribution in [1.29, 1.82) is 0 Å². The molecule has 0 unspecified atom stereocenters. The molecule has 25 heavy (non-hydrogen) atoms. The number of halogens is 1. The van der Waals surface area contributed by atoms with Crippen LogP contribution in [0.5, 0.6) is 5.75 Å². The predicted molar refractivity (Wildman–Crippen MR) is 101 cm³/mol. The summed E-state index contributed by atoms with van der Waals surface area (Å²) in [4.78, 5) is 12.4. The second-order valence-corrected chi connectivity index (χ2v) is 7.03. The molecular formula is C18H25FN4OS. The smallest absolute Gasteiger partial charge is 0.194 e. The van der Waals surface area contributed by atoms with E-state index < -0.39 is 0 Å². The Kier molecular flexibility index (Phi) is 6.75. The van der Waals surface area contributed by atoms with Gasteiger partial charge in [-0.25, -0.2) is 14.4 Å². The Hall–Kier alpha value is -2.15. The highest BCUT2D eigenvalue weighted by molar-refractivity contribution is 7.11. The Labute approximate surface area is 152 Å². The maximum Gasteiger partial charge on any atom is 0.194 e. The predicted octanol–water partition coefficient (Wildman–Crippen LogP) is 3.51.